The van der Waals surface area contributed by atoms with Crippen LogP contribution in [-0.4, -0.2) is 42.6 Å². The largest absolute Gasteiger partial charge is 0.497 e. The van der Waals surface area contributed by atoms with E-state index >= 15 is 0 Å². The molecule has 1 aliphatic rings. The van der Waals surface area contributed by atoms with Gasteiger partial charge in [-0.2, -0.15) is 0 Å². The van der Waals surface area contributed by atoms with Crippen LogP contribution < -0.4 is 15.0 Å². The molecule has 0 saturated carbocycles. The van der Waals surface area contributed by atoms with Crippen molar-refractivity contribution in [1.82, 2.24) is 10.2 Å². The van der Waals surface area contributed by atoms with Gasteiger partial charge in [0.15, 0.2) is 5.82 Å². The number of carbonyl (C=O) groups excluding carboxylic acids is 1. The molecule has 6 nitrogen and oxygen atoms in total. The summed E-state index contributed by atoms with van der Waals surface area (Å²) in [5.41, 5.74) is 2.69. The van der Waals surface area contributed by atoms with Gasteiger partial charge in [0, 0.05) is 35.2 Å². The Morgan fingerprint density at radius 1 is 1.06 bits per heavy atom. The van der Waals surface area contributed by atoms with Crippen molar-refractivity contribution in [3.05, 3.63) is 60.7 Å². The van der Waals surface area contributed by atoms with Crippen LogP contribution in [0.1, 0.15) is 12.8 Å². The van der Waals surface area contributed by atoms with E-state index in [0.29, 0.717) is 0 Å². The minimum Gasteiger partial charge on any atom is -0.497 e. The van der Waals surface area contributed by atoms with Gasteiger partial charge in [-0.15, -0.1) is 22.0 Å². The quantitative estimate of drug-likeness (QED) is 0.566. The number of piperidine rings is 1. The van der Waals surface area contributed by atoms with E-state index in [0.717, 1.165) is 59.3 Å². The van der Waals surface area contributed by atoms with E-state index in [-0.39, 0.29) is 11.8 Å². The molecule has 1 N–H and O–H groups in total. The fourth-order valence-corrected chi connectivity index (χ4v) is 4.19. The van der Waals surface area contributed by atoms with E-state index in [4.69, 9.17) is 4.74 Å². The first kappa shape index (κ1) is 21.2. The number of benzene rings is 2. The third-order valence-corrected chi connectivity index (χ3v) is 6.29. The van der Waals surface area contributed by atoms with Gasteiger partial charge in [-0.05, 0) is 73.7 Å². The zero-order chi connectivity index (χ0) is 21.6. The summed E-state index contributed by atoms with van der Waals surface area (Å²) in [5.74, 6) is 1.78. The Kier molecular flexibility index (Phi) is 6.72. The van der Waals surface area contributed by atoms with Crippen LogP contribution in [0.2, 0.25) is 0 Å². The molecule has 1 fully saturated rings. The molecule has 1 saturated heterocycles. The van der Waals surface area contributed by atoms with Gasteiger partial charge < -0.3 is 15.0 Å². The predicted octanol–water partition coefficient (Wildman–Crippen LogP) is 4.73. The van der Waals surface area contributed by atoms with Crippen LogP contribution in [0, 0.1) is 5.92 Å². The minimum atomic E-state index is 0.0146. The molecule has 0 atom stereocenters. The Labute approximate surface area is 187 Å². The van der Waals surface area contributed by atoms with Gasteiger partial charge in [0.05, 0.1) is 12.8 Å². The van der Waals surface area contributed by atoms with Gasteiger partial charge in [0.1, 0.15) is 5.75 Å². The first-order valence-corrected chi connectivity index (χ1v) is 11.6. The zero-order valence-electron chi connectivity index (χ0n) is 17.7. The summed E-state index contributed by atoms with van der Waals surface area (Å²) in [4.78, 5) is 16.0. The number of rotatable bonds is 6. The third kappa shape index (κ3) is 5.17. The van der Waals surface area contributed by atoms with Crippen molar-refractivity contribution in [2.24, 2.45) is 5.92 Å². The molecule has 0 aliphatic carbocycles. The molecule has 0 unspecified atom stereocenters. The van der Waals surface area contributed by atoms with Crippen LogP contribution in [0.25, 0.3) is 11.3 Å². The number of nitrogens with zero attached hydrogens (tertiary/aromatic N) is 3. The van der Waals surface area contributed by atoms with Gasteiger partial charge in [0.2, 0.25) is 5.91 Å². The molecule has 3 aromatic rings. The number of ether oxygens (including phenoxy) is 1. The lowest BCUT2D eigenvalue weighted by Gasteiger charge is -2.31. The molecule has 1 aromatic heterocycles. The van der Waals surface area contributed by atoms with Gasteiger partial charge in [-0.25, -0.2) is 0 Å². The Balaban J connectivity index is 1.33. The molecule has 0 bridgehead atoms. The Bertz CT molecular complexity index is 1020. The Morgan fingerprint density at radius 3 is 2.48 bits per heavy atom. The molecular weight excluding hydrogens is 408 g/mol. The van der Waals surface area contributed by atoms with Crippen LogP contribution in [0.15, 0.2) is 65.6 Å². The van der Waals surface area contributed by atoms with Crippen molar-refractivity contribution in [1.29, 1.82) is 0 Å². The third-order valence-electron chi connectivity index (χ3n) is 5.56. The predicted molar refractivity (Wildman–Crippen MR) is 126 cm³/mol. The van der Waals surface area contributed by atoms with Crippen molar-refractivity contribution < 1.29 is 9.53 Å². The first-order valence-electron chi connectivity index (χ1n) is 10.3. The van der Waals surface area contributed by atoms with E-state index in [2.05, 4.69) is 20.4 Å². The number of hydrogen-bond donors (Lipinski definition) is 1. The van der Waals surface area contributed by atoms with E-state index in [1.165, 1.54) is 0 Å². The molecule has 0 radical (unpaired) electrons. The van der Waals surface area contributed by atoms with Crippen LogP contribution in [0.5, 0.6) is 5.75 Å². The van der Waals surface area contributed by atoms with Crippen molar-refractivity contribution in [3.8, 4) is 17.0 Å². The van der Waals surface area contributed by atoms with E-state index in [1.807, 2.05) is 66.9 Å². The number of nitrogens with one attached hydrogen (secondary N) is 1. The number of hydrogen-bond acceptors (Lipinski definition) is 6. The average molecular weight is 435 g/mol. The summed E-state index contributed by atoms with van der Waals surface area (Å²) in [6.07, 6.45) is 3.63. The number of anilines is 2. The fraction of sp³-hybridized carbons (Fsp3) is 0.292. The van der Waals surface area contributed by atoms with Crippen molar-refractivity contribution >= 4 is 29.2 Å². The molecule has 2 aromatic carbocycles. The second kappa shape index (κ2) is 9.83. The zero-order valence-corrected chi connectivity index (χ0v) is 18.6. The molecule has 1 aliphatic heterocycles. The highest BCUT2D eigenvalue weighted by Gasteiger charge is 2.26. The van der Waals surface area contributed by atoms with Crippen LogP contribution in [-0.2, 0) is 4.79 Å². The first-order chi connectivity index (χ1) is 15.2. The monoisotopic (exact) mass is 434 g/mol. The highest BCUT2D eigenvalue weighted by Crippen LogP contribution is 2.26. The molecule has 31 heavy (non-hydrogen) atoms. The van der Waals surface area contributed by atoms with E-state index < -0.39 is 0 Å². The summed E-state index contributed by atoms with van der Waals surface area (Å²) in [6, 6.07) is 19.7. The lowest BCUT2D eigenvalue weighted by molar-refractivity contribution is -0.120. The maximum absolute atomic E-state index is 12.7. The minimum absolute atomic E-state index is 0.0146. The highest BCUT2D eigenvalue weighted by atomic mass is 32.2. The lowest BCUT2D eigenvalue weighted by Crippen LogP contribution is -2.38. The second-order valence-electron chi connectivity index (χ2n) is 7.49. The van der Waals surface area contributed by atoms with Gasteiger partial charge in [0.25, 0.3) is 0 Å². The second-order valence-corrected chi connectivity index (χ2v) is 8.37. The van der Waals surface area contributed by atoms with Crippen LogP contribution in [0.4, 0.5) is 11.5 Å². The highest BCUT2D eigenvalue weighted by molar-refractivity contribution is 7.98. The van der Waals surface area contributed by atoms with Gasteiger partial charge in [-0.1, -0.05) is 6.07 Å². The lowest BCUT2D eigenvalue weighted by atomic mass is 9.96. The summed E-state index contributed by atoms with van der Waals surface area (Å²) >= 11 is 1.67. The number of aromatic nitrogens is 2. The molecule has 1 amide bonds. The molecule has 160 valence electrons. The molecule has 4 rings (SSSR count). The van der Waals surface area contributed by atoms with E-state index in [9.17, 15) is 4.79 Å². The molecular formula is C24H26N4O2S. The maximum Gasteiger partial charge on any atom is 0.227 e. The number of carbonyl (C=O) groups is 1. The normalized spacial score (nSPS) is 14.3. The standard InChI is InChI=1S/C24H26N4O2S/c1-30-20-8-6-17(7-9-20)22-10-11-23(27-26-22)28-14-12-18(13-15-28)24(29)25-19-4-3-5-21(16-19)31-2/h3-11,16,18H,12-15H2,1-2H3,(H,25,29). The Morgan fingerprint density at radius 2 is 1.84 bits per heavy atom. The molecule has 2 heterocycles. The average Bonchev–Trinajstić information content (AvgIpc) is 2.84. The van der Waals surface area contributed by atoms with Crippen molar-refractivity contribution in [2.75, 3.05) is 36.7 Å². The van der Waals surface area contributed by atoms with Crippen LogP contribution >= 0.6 is 11.8 Å². The van der Waals surface area contributed by atoms with Crippen molar-refractivity contribution in [2.45, 2.75) is 17.7 Å². The summed E-state index contributed by atoms with van der Waals surface area (Å²) in [7, 11) is 1.65. The van der Waals surface area contributed by atoms with E-state index in [1.54, 1.807) is 18.9 Å². The smallest absolute Gasteiger partial charge is 0.227 e. The van der Waals surface area contributed by atoms with Crippen LogP contribution in [0.3, 0.4) is 0 Å². The summed E-state index contributed by atoms with van der Waals surface area (Å²) < 4.78 is 5.20. The summed E-state index contributed by atoms with van der Waals surface area (Å²) in [5, 5.41) is 11.9. The van der Waals surface area contributed by atoms with Gasteiger partial charge in [-0.3, -0.25) is 4.79 Å². The molecule has 7 heteroatoms. The van der Waals surface area contributed by atoms with Crippen molar-refractivity contribution in [3.63, 3.8) is 0 Å². The maximum atomic E-state index is 12.7. The number of amides is 1. The number of methoxy groups -OCH3 is 1. The fourth-order valence-electron chi connectivity index (χ4n) is 3.73. The summed E-state index contributed by atoms with van der Waals surface area (Å²) in [6.45, 7) is 1.58. The topological polar surface area (TPSA) is 67.3 Å². The SMILES string of the molecule is COc1ccc(-c2ccc(N3CCC(C(=O)Nc4cccc(SC)c4)CC3)nn2)cc1. The number of thioether (sulfide) groups is 1. The Hall–Kier alpha value is -3.06. The molecule has 0 spiro atoms. The van der Waals surface area contributed by atoms with Gasteiger partial charge >= 0.3 is 0 Å².